The number of carbonyl (C=O) groups excluding carboxylic acids is 2. The maximum absolute atomic E-state index is 12.6. The lowest BCUT2D eigenvalue weighted by atomic mass is 10.0. The molecule has 0 spiro atoms. The van der Waals surface area contributed by atoms with Crippen LogP contribution in [-0.2, 0) is 14.3 Å². The van der Waals surface area contributed by atoms with Crippen LogP contribution in [0.4, 0.5) is 5.69 Å². The summed E-state index contributed by atoms with van der Waals surface area (Å²) in [6.07, 6.45) is 12.4. The van der Waals surface area contributed by atoms with E-state index in [1.807, 2.05) is 0 Å². The third kappa shape index (κ3) is 13.5. The highest BCUT2D eigenvalue weighted by Gasteiger charge is 2.28. The highest BCUT2D eigenvalue weighted by molar-refractivity contribution is 5.76. The van der Waals surface area contributed by atoms with E-state index in [-0.39, 0.29) is 18.1 Å². The fourth-order valence-electron chi connectivity index (χ4n) is 4.05. The quantitative estimate of drug-likeness (QED) is 0.111. The standard InChI is InChI=1S/C27H45N3O6/c1-4-5-6-7-8-9-10-11-12-13-14-15-25(32)28-24(21-31)27(36-26(33)20-29(2)3)22-16-18-23(19-17-22)30(34)35/h16-19,24,27,31H,4-15,20-21H2,1-3H3,(H,28,32)/t24-,27-/m1/s1. The second kappa shape index (κ2) is 18.7. The molecule has 0 bridgehead atoms. The number of hydrogen-bond donors (Lipinski definition) is 2. The van der Waals surface area contributed by atoms with E-state index in [0.717, 1.165) is 19.3 Å². The van der Waals surface area contributed by atoms with Gasteiger partial charge in [-0.3, -0.25) is 24.6 Å². The van der Waals surface area contributed by atoms with Crippen LogP contribution < -0.4 is 5.32 Å². The molecule has 1 aromatic carbocycles. The Labute approximate surface area is 215 Å². The van der Waals surface area contributed by atoms with Gasteiger partial charge in [-0.25, -0.2) is 0 Å². The van der Waals surface area contributed by atoms with E-state index in [0.29, 0.717) is 12.0 Å². The van der Waals surface area contributed by atoms with E-state index in [1.165, 1.54) is 75.6 Å². The number of esters is 1. The number of aliphatic hydroxyl groups is 1. The summed E-state index contributed by atoms with van der Waals surface area (Å²) in [4.78, 5) is 37.0. The number of unbranched alkanes of at least 4 members (excludes halogenated alkanes) is 10. The SMILES string of the molecule is CCCCCCCCCCCCCC(=O)N[C@H](CO)[C@H](OC(=O)CN(C)C)c1ccc([N+](=O)[O-])cc1. The zero-order chi connectivity index (χ0) is 26.8. The van der Waals surface area contributed by atoms with Gasteiger partial charge in [0, 0.05) is 18.6 Å². The van der Waals surface area contributed by atoms with E-state index in [9.17, 15) is 24.8 Å². The van der Waals surface area contributed by atoms with Gasteiger partial charge in [0.25, 0.3) is 5.69 Å². The van der Waals surface area contributed by atoms with Crippen LogP contribution in [-0.4, -0.2) is 60.1 Å². The van der Waals surface area contributed by atoms with Crippen LogP contribution in [0.3, 0.4) is 0 Å². The van der Waals surface area contributed by atoms with Crippen molar-refractivity contribution in [3.8, 4) is 0 Å². The molecule has 0 saturated carbocycles. The van der Waals surface area contributed by atoms with Gasteiger partial charge in [0.2, 0.25) is 5.91 Å². The molecule has 0 aliphatic heterocycles. The summed E-state index contributed by atoms with van der Waals surface area (Å²) < 4.78 is 5.59. The number of non-ortho nitro benzene ring substituents is 1. The fraction of sp³-hybridized carbons (Fsp3) is 0.704. The minimum absolute atomic E-state index is 0.0221. The predicted molar refractivity (Wildman–Crippen MR) is 141 cm³/mol. The summed E-state index contributed by atoms with van der Waals surface area (Å²) in [7, 11) is 3.45. The first kappa shape index (κ1) is 31.5. The number of amides is 1. The molecule has 0 heterocycles. The van der Waals surface area contributed by atoms with Crippen LogP contribution in [0.15, 0.2) is 24.3 Å². The monoisotopic (exact) mass is 507 g/mol. The Bertz CT molecular complexity index is 769. The first-order chi connectivity index (χ1) is 17.3. The molecule has 0 aromatic heterocycles. The largest absolute Gasteiger partial charge is 0.454 e. The van der Waals surface area contributed by atoms with E-state index < -0.39 is 29.6 Å². The predicted octanol–water partition coefficient (Wildman–Crippen LogP) is 4.92. The number of nitrogens with one attached hydrogen (secondary N) is 1. The molecule has 0 aliphatic carbocycles. The summed E-state index contributed by atoms with van der Waals surface area (Å²) in [6, 6.07) is 4.71. The molecular formula is C27H45N3O6. The number of nitro benzene ring substituents is 1. The Morgan fingerprint density at radius 1 is 0.972 bits per heavy atom. The molecule has 1 aromatic rings. The summed E-state index contributed by atoms with van der Waals surface area (Å²) in [5, 5.41) is 23.7. The van der Waals surface area contributed by atoms with Crippen molar-refractivity contribution in [3.05, 3.63) is 39.9 Å². The minimum Gasteiger partial charge on any atom is -0.454 e. The van der Waals surface area contributed by atoms with Crippen LogP contribution in [0.1, 0.15) is 95.6 Å². The smallest absolute Gasteiger partial charge is 0.320 e. The molecule has 9 heteroatoms. The van der Waals surface area contributed by atoms with E-state index in [1.54, 1.807) is 19.0 Å². The number of carbonyl (C=O) groups is 2. The highest BCUT2D eigenvalue weighted by Crippen LogP contribution is 2.25. The van der Waals surface area contributed by atoms with Crippen molar-refractivity contribution < 1.29 is 24.4 Å². The van der Waals surface area contributed by atoms with Crippen molar-refractivity contribution in [2.45, 2.75) is 96.1 Å². The van der Waals surface area contributed by atoms with Crippen LogP contribution in [0.5, 0.6) is 0 Å². The number of benzene rings is 1. The maximum Gasteiger partial charge on any atom is 0.320 e. The lowest BCUT2D eigenvalue weighted by Crippen LogP contribution is -2.44. The van der Waals surface area contributed by atoms with Crippen molar-refractivity contribution >= 4 is 17.6 Å². The van der Waals surface area contributed by atoms with Crippen LogP contribution in [0, 0.1) is 10.1 Å². The molecule has 1 amide bonds. The number of nitro groups is 1. The van der Waals surface area contributed by atoms with Gasteiger partial charge in [-0.2, -0.15) is 0 Å². The number of likely N-dealkylation sites (N-methyl/N-ethyl adjacent to an activating group) is 1. The molecule has 204 valence electrons. The number of nitrogens with zero attached hydrogens (tertiary/aromatic N) is 2. The Kier molecular flexibility index (Phi) is 16.4. The molecule has 36 heavy (non-hydrogen) atoms. The Balaban J connectivity index is 2.55. The van der Waals surface area contributed by atoms with Crippen LogP contribution >= 0.6 is 0 Å². The molecular weight excluding hydrogens is 462 g/mol. The van der Waals surface area contributed by atoms with Gasteiger partial charge in [0.05, 0.1) is 24.1 Å². The van der Waals surface area contributed by atoms with Gasteiger partial charge in [-0.05, 0) is 38.2 Å². The molecule has 0 saturated heterocycles. The van der Waals surface area contributed by atoms with Gasteiger partial charge < -0.3 is 15.2 Å². The summed E-state index contributed by atoms with van der Waals surface area (Å²) in [5.74, 6) is -0.748. The van der Waals surface area contributed by atoms with Gasteiger partial charge in [0.15, 0.2) is 0 Å². The first-order valence-corrected chi connectivity index (χ1v) is 13.3. The molecule has 9 nitrogen and oxygen atoms in total. The molecule has 2 atom stereocenters. The highest BCUT2D eigenvalue weighted by atomic mass is 16.6. The third-order valence-electron chi connectivity index (χ3n) is 6.05. The van der Waals surface area contributed by atoms with Crippen LogP contribution in [0.2, 0.25) is 0 Å². The Morgan fingerprint density at radius 2 is 1.50 bits per heavy atom. The molecule has 1 rings (SSSR count). The van der Waals surface area contributed by atoms with Gasteiger partial charge in [-0.15, -0.1) is 0 Å². The summed E-state index contributed by atoms with van der Waals surface area (Å²) in [5.41, 5.74) is 0.361. The van der Waals surface area contributed by atoms with Crippen molar-refractivity contribution in [2.24, 2.45) is 0 Å². The topological polar surface area (TPSA) is 122 Å². The summed E-state index contributed by atoms with van der Waals surface area (Å²) >= 11 is 0. The molecule has 0 aliphatic rings. The molecule has 2 N–H and O–H groups in total. The molecule has 0 radical (unpaired) electrons. The zero-order valence-corrected chi connectivity index (χ0v) is 22.2. The lowest BCUT2D eigenvalue weighted by molar-refractivity contribution is -0.384. The van der Waals surface area contributed by atoms with Crippen molar-refractivity contribution in [1.29, 1.82) is 0 Å². The number of ether oxygens (including phenoxy) is 1. The van der Waals surface area contributed by atoms with E-state index in [2.05, 4.69) is 12.2 Å². The maximum atomic E-state index is 12.6. The van der Waals surface area contributed by atoms with Gasteiger partial charge in [0.1, 0.15) is 6.10 Å². The first-order valence-electron chi connectivity index (χ1n) is 13.3. The normalized spacial score (nSPS) is 12.8. The average molecular weight is 508 g/mol. The second-order valence-corrected chi connectivity index (χ2v) is 9.64. The van der Waals surface area contributed by atoms with Crippen molar-refractivity contribution in [3.63, 3.8) is 0 Å². The zero-order valence-electron chi connectivity index (χ0n) is 22.2. The van der Waals surface area contributed by atoms with Gasteiger partial charge >= 0.3 is 5.97 Å². The molecule has 0 unspecified atom stereocenters. The number of rotatable bonds is 20. The Morgan fingerprint density at radius 3 is 1.97 bits per heavy atom. The second-order valence-electron chi connectivity index (χ2n) is 9.64. The number of aliphatic hydroxyl groups excluding tert-OH is 1. The minimum atomic E-state index is -0.968. The van der Waals surface area contributed by atoms with Crippen molar-refractivity contribution in [2.75, 3.05) is 27.2 Å². The fourth-order valence-corrected chi connectivity index (χ4v) is 4.05. The third-order valence-corrected chi connectivity index (χ3v) is 6.05. The number of hydrogen-bond acceptors (Lipinski definition) is 7. The van der Waals surface area contributed by atoms with Gasteiger partial charge in [-0.1, -0.05) is 71.1 Å². The molecule has 0 fully saturated rings. The Hall–Kier alpha value is -2.52. The lowest BCUT2D eigenvalue weighted by Gasteiger charge is -2.27. The average Bonchev–Trinajstić information content (AvgIpc) is 2.84. The van der Waals surface area contributed by atoms with E-state index in [4.69, 9.17) is 4.74 Å². The summed E-state index contributed by atoms with van der Waals surface area (Å²) in [6.45, 7) is 1.80. The van der Waals surface area contributed by atoms with Crippen molar-refractivity contribution in [1.82, 2.24) is 10.2 Å². The van der Waals surface area contributed by atoms with Crippen LogP contribution in [0.25, 0.3) is 0 Å². The van der Waals surface area contributed by atoms with E-state index >= 15 is 0 Å².